The Balaban J connectivity index is 1.78. The van der Waals surface area contributed by atoms with Crippen molar-refractivity contribution in [1.82, 2.24) is 15.2 Å². The highest BCUT2D eigenvalue weighted by Gasteiger charge is 2.13. The van der Waals surface area contributed by atoms with Crippen LogP contribution in [0.5, 0.6) is 0 Å². The van der Waals surface area contributed by atoms with Gasteiger partial charge in [0.15, 0.2) is 5.82 Å². The first kappa shape index (κ1) is 16.9. The normalized spacial score (nSPS) is 11.2. The fourth-order valence-electron chi connectivity index (χ4n) is 2.46. The fraction of sp³-hybridized carbons (Fsp3) is 0.250. The van der Waals surface area contributed by atoms with Gasteiger partial charge in [-0.15, -0.1) is 5.10 Å². The van der Waals surface area contributed by atoms with Crippen molar-refractivity contribution in [3.8, 4) is 0 Å². The van der Waals surface area contributed by atoms with Crippen molar-refractivity contribution < 1.29 is 0 Å². The van der Waals surface area contributed by atoms with Crippen LogP contribution in [0.1, 0.15) is 26.3 Å². The van der Waals surface area contributed by atoms with E-state index in [1.807, 2.05) is 42.3 Å². The molecule has 3 aromatic rings. The van der Waals surface area contributed by atoms with Gasteiger partial charge in [0.25, 0.3) is 5.95 Å². The van der Waals surface area contributed by atoms with E-state index >= 15 is 0 Å². The van der Waals surface area contributed by atoms with E-state index in [0.717, 1.165) is 11.4 Å². The highest BCUT2D eigenvalue weighted by Crippen LogP contribution is 2.25. The molecule has 1 heterocycles. The van der Waals surface area contributed by atoms with Crippen LogP contribution in [0.15, 0.2) is 60.8 Å². The van der Waals surface area contributed by atoms with Gasteiger partial charge in [-0.2, -0.15) is 10.1 Å². The number of hydrogen-bond acceptors (Lipinski definition) is 5. The summed E-state index contributed by atoms with van der Waals surface area (Å²) in [6.07, 6.45) is 1.63. The van der Waals surface area contributed by atoms with Crippen molar-refractivity contribution in [2.75, 3.05) is 17.3 Å². The zero-order valence-corrected chi connectivity index (χ0v) is 15.1. The Kier molecular flexibility index (Phi) is 4.65. The topological polar surface area (TPSA) is 53.9 Å². The molecule has 0 saturated heterocycles. The zero-order valence-electron chi connectivity index (χ0n) is 15.1. The third kappa shape index (κ3) is 4.12. The standard InChI is InChI=1S/C20H23N5/c1-20(2,3)15-10-12-16(13-11-15)22-18-14-21-24-19(23-18)25(4)17-8-6-5-7-9-17/h5-14H,1-4H3,(H,22,23,24). The third-order valence-electron chi connectivity index (χ3n) is 4.01. The van der Waals surface area contributed by atoms with Crippen molar-refractivity contribution in [2.45, 2.75) is 26.2 Å². The van der Waals surface area contributed by atoms with Gasteiger partial charge in [-0.3, -0.25) is 0 Å². The number of rotatable bonds is 4. The van der Waals surface area contributed by atoms with Crippen LogP contribution in [-0.4, -0.2) is 22.2 Å². The van der Waals surface area contributed by atoms with Crippen molar-refractivity contribution in [1.29, 1.82) is 0 Å². The molecule has 0 radical (unpaired) electrons. The van der Waals surface area contributed by atoms with Crippen molar-refractivity contribution >= 4 is 23.1 Å². The van der Waals surface area contributed by atoms with Crippen LogP contribution in [0, 0.1) is 0 Å². The quantitative estimate of drug-likeness (QED) is 0.751. The summed E-state index contributed by atoms with van der Waals surface area (Å²) in [4.78, 5) is 6.46. The maximum atomic E-state index is 4.56. The summed E-state index contributed by atoms with van der Waals surface area (Å²) in [6.45, 7) is 6.61. The summed E-state index contributed by atoms with van der Waals surface area (Å²) in [5, 5.41) is 11.5. The molecule has 0 fully saturated rings. The molecular weight excluding hydrogens is 310 g/mol. The molecule has 5 nitrogen and oxygen atoms in total. The van der Waals surface area contributed by atoms with E-state index in [-0.39, 0.29) is 5.41 Å². The Hall–Kier alpha value is -2.95. The summed E-state index contributed by atoms with van der Waals surface area (Å²) in [7, 11) is 1.92. The molecule has 0 bridgehead atoms. The van der Waals surface area contributed by atoms with Gasteiger partial charge in [-0.1, -0.05) is 51.1 Å². The number of hydrogen-bond donors (Lipinski definition) is 1. The first-order valence-corrected chi connectivity index (χ1v) is 8.29. The Bertz CT molecular complexity index is 823. The second-order valence-electron chi connectivity index (χ2n) is 6.99. The highest BCUT2D eigenvalue weighted by molar-refractivity contribution is 5.60. The van der Waals surface area contributed by atoms with Crippen LogP contribution >= 0.6 is 0 Å². The summed E-state index contributed by atoms with van der Waals surface area (Å²) >= 11 is 0. The van der Waals surface area contributed by atoms with Crippen molar-refractivity contribution in [3.05, 3.63) is 66.4 Å². The molecule has 0 aliphatic carbocycles. The van der Waals surface area contributed by atoms with Gasteiger partial charge in [0.05, 0.1) is 6.20 Å². The van der Waals surface area contributed by atoms with Gasteiger partial charge in [-0.05, 0) is 35.2 Å². The summed E-state index contributed by atoms with van der Waals surface area (Å²) in [5.41, 5.74) is 3.42. The minimum atomic E-state index is 0.139. The second-order valence-corrected chi connectivity index (χ2v) is 6.99. The lowest BCUT2D eigenvalue weighted by Gasteiger charge is -2.19. The van der Waals surface area contributed by atoms with Gasteiger partial charge >= 0.3 is 0 Å². The number of nitrogens with one attached hydrogen (secondary N) is 1. The van der Waals surface area contributed by atoms with Crippen molar-refractivity contribution in [2.24, 2.45) is 0 Å². The molecule has 2 aromatic carbocycles. The molecular formula is C20H23N5. The Labute approximate surface area is 148 Å². The largest absolute Gasteiger partial charge is 0.339 e. The number of benzene rings is 2. The second kappa shape index (κ2) is 6.89. The Morgan fingerprint density at radius 2 is 1.60 bits per heavy atom. The first-order valence-electron chi connectivity index (χ1n) is 8.29. The fourth-order valence-corrected chi connectivity index (χ4v) is 2.46. The molecule has 0 atom stereocenters. The molecule has 1 N–H and O–H groups in total. The van der Waals surface area contributed by atoms with Crippen LogP contribution < -0.4 is 10.2 Å². The molecule has 0 aliphatic rings. The Morgan fingerprint density at radius 1 is 0.920 bits per heavy atom. The van der Waals surface area contributed by atoms with Crippen LogP contribution in [0.3, 0.4) is 0 Å². The van der Waals surface area contributed by atoms with Gasteiger partial charge < -0.3 is 10.2 Å². The van der Waals surface area contributed by atoms with Crippen LogP contribution in [0.4, 0.5) is 23.1 Å². The number of anilines is 4. The average molecular weight is 333 g/mol. The molecule has 0 unspecified atom stereocenters. The highest BCUT2D eigenvalue weighted by atomic mass is 15.3. The summed E-state index contributed by atoms with van der Waals surface area (Å²) in [5.74, 6) is 1.21. The lowest BCUT2D eigenvalue weighted by atomic mass is 9.87. The average Bonchev–Trinajstić information content (AvgIpc) is 2.62. The number of para-hydroxylation sites is 1. The summed E-state index contributed by atoms with van der Waals surface area (Å²) < 4.78 is 0. The molecule has 0 spiro atoms. The van der Waals surface area contributed by atoms with Crippen LogP contribution in [0.25, 0.3) is 0 Å². The van der Waals surface area contributed by atoms with E-state index in [1.165, 1.54) is 5.56 Å². The first-order chi connectivity index (χ1) is 11.9. The molecule has 25 heavy (non-hydrogen) atoms. The van der Waals surface area contributed by atoms with Gasteiger partial charge in [0.1, 0.15) is 0 Å². The van der Waals surface area contributed by atoms with E-state index in [2.05, 4.69) is 65.5 Å². The van der Waals surface area contributed by atoms with E-state index in [4.69, 9.17) is 0 Å². The third-order valence-corrected chi connectivity index (χ3v) is 4.01. The molecule has 1 aromatic heterocycles. The molecule has 0 amide bonds. The number of aromatic nitrogens is 3. The van der Waals surface area contributed by atoms with Gasteiger partial charge in [-0.25, -0.2) is 0 Å². The maximum absolute atomic E-state index is 4.56. The van der Waals surface area contributed by atoms with Crippen molar-refractivity contribution in [3.63, 3.8) is 0 Å². The minimum Gasteiger partial charge on any atom is -0.339 e. The van der Waals surface area contributed by atoms with E-state index in [0.29, 0.717) is 11.8 Å². The van der Waals surface area contributed by atoms with E-state index < -0.39 is 0 Å². The van der Waals surface area contributed by atoms with Gasteiger partial charge in [0.2, 0.25) is 0 Å². The lowest BCUT2D eigenvalue weighted by molar-refractivity contribution is 0.590. The maximum Gasteiger partial charge on any atom is 0.251 e. The molecule has 128 valence electrons. The monoisotopic (exact) mass is 333 g/mol. The summed E-state index contributed by atoms with van der Waals surface area (Å²) in [6, 6.07) is 18.4. The minimum absolute atomic E-state index is 0.139. The predicted octanol–water partition coefficient (Wildman–Crippen LogP) is 4.68. The smallest absolute Gasteiger partial charge is 0.251 e. The van der Waals surface area contributed by atoms with E-state index in [1.54, 1.807) is 6.20 Å². The van der Waals surface area contributed by atoms with E-state index in [9.17, 15) is 0 Å². The zero-order chi connectivity index (χ0) is 17.9. The Morgan fingerprint density at radius 3 is 2.24 bits per heavy atom. The van der Waals surface area contributed by atoms with Gasteiger partial charge in [0, 0.05) is 18.4 Å². The predicted molar refractivity (Wildman–Crippen MR) is 103 cm³/mol. The number of nitrogens with zero attached hydrogens (tertiary/aromatic N) is 4. The van der Waals surface area contributed by atoms with Crippen LogP contribution in [0.2, 0.25) is 0 Å². The van der Waals surface area contributed by atoms with Crippen LogP contribution in [-0.2, 0) is 5.41 Å². The molecule has 3 rings (SSSR count). The SMILES string of the molecule is CN(c1ccccc1)c1nncc(Nc2ccc(C(C)(C)C)cc2)n1. The molecule has 0 saturated carbocycles. The molecule has 0 aliphatic heterocycles. The molecule has 5 heteroatoms. The lowest BCUT2D eigenvalue weighted by Crippen LogP contribution is -2.14.